The van der Waals surface area contributed by atoms with E-state index in [0.717, 1.165) is 37.8 Å². The van der Waals surface area contributed by atoms with Crippen molar-refractivity contribution in [2.75, 3.05) is 24.5 Å². The largest absolute Gasteiger partial charge is 0.367 e. The first-order valence-electron chi connectivity index (χ1n) is 10.2. The van der Waals surface area contributed by atoms with Crippen molar-refractivity contribution in [2.45, 2.75) is 45.2 Å². The molecule has 3 rings (SSSR count). The zero-order chi connectivity index (χ0) is 20.6. The van der Waals surface area contributed by atoms with Gasteiger partial charge in [-0.1, -0.05) is 12.1 Å². The first-order valence-corrected chi connectivity index (χ1v) is 10.2. The van der Waals surface area contributed by atoms with Crippen molar-refractivity contribution in [3.05, 3.63) is 64.3 Å². The van der Waals surface area contributed by atoms with Crippen LogP contribution in [0.4, 0.5) is 14.9 Å². The van der Waals surface area contributed by atoms with E-state index in [1.165, 1.54) is 6.07 Å². The number of anilines is 1. The van der Waals surface area contributed by atoms with E-state index in [0.29, 0.717) is 25.3 Å². The van der Waals surface area contributed by atoms with Crippen LogP contribution in [0.2, 0.25) is 0 Å². The van der Waals surface area contributed by atoms with Crippen LogP contribution in [-0.4, -0.2) is 36.3 Å². The van der Waals surface area contributed by atoms with Gasteiger partial charge in [-0.25, -0.2) is 9.18 Å². The monoisotopic (exact) mass is 400 g/mol. The highest BCUT2D eigenvalue weighted by Gasteiger charge is 2.23. The molecule has 0 spiro atoms. The van der Waals surface area contributed by atoms with Crippen LogP contribution in [0, 0.1) is 12.7 Å². The number of hydrogen-bond donors (Lipinski definition) is 2. The number of nitrogens with one attached hydrogen (secondary N) is 2. The van der Waals surface area contributed by atoms with Gasteiger partial charge in [-0.15, -0.1) is 0 Å². The third-order valence-corrected chi connectivity index (χ3v) is 5.21. The maximum Gasteiger partial charge on any atom is 0.315 e. The van der Waals surface area contributed by atoms with E-state index in [4.69, 9.17) is 0 Å². The van der Waals surface area contributed by atoms with E-state index in [2.05, 4.69) is 10.6 Å². The molecule has 2 aromatic rings. The Morgan fingerprint density at radius 1 is 1.24 bits per heavy atom. The molecule has 7 heteroatoms. The first-order chi connectivity index (χ1) is 14.0. The lowest BCUT2D eigenvalue weighted by molar-refractivity contribution is 0.234. The van der Waals surface area contributed by atoms with E-state index in [1.807, 2.05) is 24.0 Å². The zero-order valence-electron chi connectivity index (χ0n) is 16.9. The number of urea groups is 1. The second kappa shape index (κ2) is 10.1. The molecule has 0 bridgehead atoms. The second-order valence-electron chi connectivity index (χ2n) is 7.58. The zero-order valence-corrected chi connectivity index (χ0v) is 16.9. The average Bonchev–Trinajstić information content (AvgIpc) is 2.71. The Bertz CT molecular complexity index is 883. The summed E-state index contributed by atoms with van der Waals surface area (Å²) in [5, 5.41) is 5.88. The van der Waals surface area contributed by atoms with Gasteiger partial charge in [-0.05, 0) is 56.4 Å². The van der Waals surface area contributed by atoms with Gasteiger partial charge in [0.15, 0.2) is 0 Å². The molecule has 1 aromatic heterocycles. The van der Waals surface area contributed by atoms with Crippen LogP contribution in [0.3, 0.4) is 0 Å². The molecule has 1 atom stereocenters. The quantitative estimate of drug-likeness (QED) is 0.702. The molecule has 1 unspecified atom stereocenters. The average molecular weight is 400 g/mol. The molecule has 2 heterocycles. The van der Waals surface area contributed by atoms with Gasteiger partial charge in [0.1, 0.15) is 5.82 Å². The third kappa shape index (κ3) is 6.07. The fourth-order valence-electron chi connectivity index (χ4n) is 3.67. The van der Waals surface area contributed by atoms with Crippen LogP contribution in [0.5, 0.6) is 0 Å². The third-order valence-electron chi connectivity index (χ3n) is 5.21. The maximum absolute atomic E-state index is 14.2. The Morgan fingerprint density at radius 2 is 2.10 bits per heavy atom. The lowest BCUT2D eigenvalue weighted by Gasteiger charge is -2.35. The number of amides is 2. The van der Waals surface area contributed by atoms with Crippen LogP contribution < -0.4 is 21.1 Å². The van der Waals surface area contributed by atoms with Crippen LogP contribution in [0.15, 0.2) is 47.4 Å². The van der Waals surface area contributed by atoms with E-state index < -0.39 is 0 Å². The van der Waals surface area contributed by atoms with Gasteiger partial charge in [0.05, 0.1) is 5.69 Å². The van der Waals surface area contributed by atoms with Gasteiger partial charge in [0, 0.05) is 44.5 Å². The summed E-state index contributed by atoms with van der Waals surface area (Å²) in [6.45, 7) is 4.53. The van der Waals surface area contributed by atoms with Crippen LogP contribution in [0.1, 0.15) is 31.2 Å². The number of benzene rings is 1. The molecular weight excluding hydrogens is 371 g/mol. The molecule has 2 N–H and O–H groups in total. The number of carbonyl (C=O) groups is 1. The van der Waals surface area contributed by atoms with Gasteiger partial charge in [-0.3, -0.25) is 4.79 Å². The Labute approximate surface area is 170 Å². The summed E-state index contributed by atoms with van der Waals surface area (Å²) in [4.78, 5) is 25.8. The predicted molar refractivity (Wildman–Crippen MR) is 113 cm³/mol. The van der Waals surface area contributed by atoms with Gasteiger partial charge in [-0.2, -0.15) is 0 Å². The molecule has 1 fully saturated rings. The highest BCUT2D eigenvalue weighted by atomic mass is 19.1. The van der Waals surface area contributed by atoms with Gasteiger partial charge >= 0.3 is 6.03 Å². The molecular formula is C22H29FN4O2. The SMILES string of the molecule is Cc1ccc(F)c(N2CCCC(NC(=O)NCCCCn3ccccc3=O)C2)c1. The molecule has 1 aliphatic heterocycles. The fraction of sp³-hybridized carbons (Fsp3) is 0.455. The van der Waals surface area contributed by atoms with Crippen LogP contribution in [0.25, 0.3) is 0 Å². The van der Waals surface area contributed by atoms with Crippen molar-refractivity contribution < 1.29 is 9.18 Å². The summed E-state index contributed by atoms with van der Waals surface area (Å²) in [5.74, 6) is -0.224. The second-order valence-corrected chi connectivity index (χ2v) is 7.58. The predicted octanol–water partition coefficient (Wildman–Crippen LogP) is 3.04. The number of aryl methyl sites for hydroxylation is 2. The smallest absolute Gasteiger partial charge is 0.315 e. The highest BCUT2D eigenvalue weighted by molar-refractivity contribution is 5.74. The Kier molecular flexibility index (Phi) is 7.27. The molecule has 1 saturated heterocycles. The number of halogens is 1. The fourth-order valence-corrected chi connectivity index (χ4v) is 3.67. The molecule has 2 amide bonds. The molecule has 29 heavy (non-hydrogen) atoms. The lowest BCUT2D eigenvalue weighted by atomic mass is 10.0. The minimum absolute atomic E-state index is 0.00782. The molecule has 0 aliphatic carbocycles. The number of pyridine rings is 1. The van der Waals surface area contributed by atoms with Gasteiger partial charge < -0.3 is 20.1 Å². The summed E-state index contributed by atoms with van der Waals surface area (Å²) in [5.41, 5.74) is 1.62. The molecule has 0 radical (unpaired) electrons. The van der Waals surface area contributed by atoms with E-state index in [-0.39, 0.29) is 23.4 Å². The van der Waals surface area contributed by atoms with E-state index in [1.54, 1.807) is 29.0 Å². The van der Waals surface area contributed by atoms with Crippen molar-refractivity contribution in [3.63, 3.8) is 0 Å². The van der Waals surface area contributed by atoms with E-state index >= 15 is 0 Å². The van der Waals surface area contributed by atoms with Crippen LogP contribution in [-0.2, 0) is 6.54 Å². The Hall–Kier alpha value is -2.83. The summed E-state index contributed by atoms with van der Waals surface area (Å²) in [6.07, 6.45) is 5.17. The maximum atomic E-state index is 14.2. The number of unbranched alkanes of at least 4 members (excludes halogenated alkanes) is 1. The molecule has 1 aromatic carbocycles. The lowest BCUT2D eigenvalue weighted by Crippen LogP contribution is -2.50. The van der Waals surface area contributed by atoms with Crippen molar-refractivity contribution in [1.82, 2.24) is 15.2 Å². The number of hydrogen-bond acceptors (Lipinski definition) is 3. The molecule has 156 valence electrons. The Morgan fingerprint density at radius 3 is 2.93 bits per heavy atom. The molecule has 0 saturated carbocycles. The molecule has 6 nitrogen and oxygen atoms in total. The summed E-state index contributed by atoms with van der Waals surface area (Å²) in [6, 6.07) is 10.0. The first kappa shape index (κ1) is 20.9. The highest BCUT2D eigenvalue weighted by Crippen LogP contribution is 2.24. The van der Waals surface area contributed by atoms with Crippen molar-refractivity contribution >= 4 is 11.7 Å². The number of rotatable bonds is 7. The summed E-state index contributed by atoms with van der Waals surface area (Å²) < 4.78 is 15.8. The minimum Gasteiger partial charge on any atom is -0.367 e. The number of nitrogens with zero attached hydrogens (tertiary/aromatic N) is 2. The van der Waals surface area contributed by atoms with Crippen molar-refractivity contribution in [1.29, 1.82) is 0 Å². The molecule has 1 aliphatic rings. The summed E-state index contributed by atoms with van der Waals surface area (Å²) in [7, 11) is 0. The summed E-state index contributed by atoms with van der Waals surface area (Å²) >= 11 is 0. The number of carbonyl (C=O) groups excluding carboxylic acids is 1. The van der Waals surface area contributed by atoms with Crippen LogP contribution >= 0.6 is 0 Å². The number of aromatic nitrogens is 1. The van der Waals surface area contributed by atoms with Crippen molar-refractivity contribution in [2.24, 2.45) is 0 Å². The minimum atomic E-state index is -0.224. The topological polar surface area (TPSA) is 66.4 Å². The Balaban J connectivity index is 1.39. The normalized spacial score (nSPS) is 16.5. The van der Waals surface area contributed by atoms with Gasteiger partial charge in [0.25, 0.3) is 0 Å². The van der Waals surface area contributed by atoms with Crippen molar-refractivity contribution in [3.8, 4) is 0 Å². The standard InChI is InChI=1S/C22H29FN4O2/c1-17-9-10-19(23)20(15-17)27-14-6-7-18(16-27)25-22(29)24-11-3-5-13-26-12-4-2-8-21(26)28/h2,4,8-10,12,15,18H,3,5-7,11,13-14,16H2,1H3,(H2,24,25,29). The van der Waals surface area contributed by atoms with Gasteiger partial charge in [0.2, 0.25) is 5.56 Å². The number of piperidine rings is 1. The van der Waals surface area contributed by atoms with E-state index in [9.17, 15) is 14.0 Å².